The maximum atomic E-state index is 12.7. The van der Waals surface area contributed by atoms with Crippen molar-refractivity contribution in [3.63, 3.8) is 0 Å². The molecule has 0 aliphatic heterocycles. The van der Waals surface area contributed by atoms with Crippen LogP contribution in [-0.4, -0.2) is 6.04 Å². The zero-order valence-corrected chi connectivity index (χ0v) is 10.1. The third kappa shape index (κ3) is 4.38. The summed E-state index contributed by atoms with van der Waals surface area (Å²) in [7, 11) is 0. The van der Waals surface area contributed by atoms with Gasteiger partial charge in [-0.05, 0) is 44.7 Å². The Morgan fingerprint density at radius 2 is 1.94 bits per heavy atom. The van der Waals surface area contributed by atoms with Crippen LogP contribution in [-0.2, 0) is 12.6 Å². The minimum absolute atomic E-state index is 0.0362. The van der Waals surface area contributed by atoms with E-state index in [-0.39, 0.29) is 6.04 Å². The lowest BCUT2D eigenvalue weighted by molar-refractivity contribution is -0.138. The molecule has 0 unspecified atom stereocenters. The summed E-state index contributed by atoms with van der Waals surface area (Å²) >= 11 is 0. The molecule has 0 saturated heterocycles. The highest BCUT2D eigenvalue weighted by Crippen LogP contribution is 2.33. The Morgan fingerprint density at radius 3 is 2.47 bits per heavy atom. The highest BCUT2D eigenvalue weighted by Gasteiger charge is 2.32. The van der Waals surface area contributed by atoms with Gasteiger partial charge >= 0.3 is 6.18 Å². The maximum absolute atomic E-state index is 12.7. The first-order valence-electron chi connectivity index (χ1n) is 5.73. The van der Waals surface area contributed by atoms with E-state index in [1.54, 1.807) is 13.0 Å². The van der Waals surface area contributed by atoms with Gasteiger partial charge in [0, 0.05) is 6.04 Å². The topological polar surface area (TPSA) is 26.0 Å². The van der Waals surface area contributed by atoms with Crippen LogP contribution in [0.4, 0.5) is 13.2 Å². The van der Waals surface area contributed by atoms with E-state index in [0.29, 0.717) is 18.4 Å². The summed E-state index contributed by atoms with van der Waals surface area (Å²) in [4.78, 5) is 0. The first-order valence-corrected chi connectivity index (χ1v) is 5.73. The van der Waals surface area contributed by atoms with Crippen LogP contribution in [0.2, 0.25) is 0 Å². The van der Waals surface area contributed by atoms with Crippen molar-refractivity contribution in [1.29, 1.82) is 0 Å². The monoisotopic (exact) mass is 245 g/mol. The highest BCUT2D eigenvalue weighted by atomic mass is 19.4. The van der Waals surface area contributed by atoms with E-state index in [1.165, 1.54) is 6.07 Å². The molecule has 1 aromatic carbocycles. The number of benzene rings is 1. The first kappa shape index (κ1) is 14.0. The molecule has 1 atom stereocenters. The van der Waals surface area contributed by atoms with E-state index in [1.807, 2.05) is 6.92 Å². The molecule has 0 heterocycles. The number of aryl methyl sites for hydroxylation is 2. The molecule has 0 saturated carbocycles. The Hall–Kier alpha value is -1.03. The third-order valence-electron chi connectivity index (χ3n) is 2.67. The largest absolute Gasteiger partial charge is 0.416 e. The Kier molecular flexibility index (Phi) is 4.57. The number of rotatable bonds is 4. The van der Waals surface area contributed by atoms with E-state index in [4.69, 9.17) is 5.73 Å². The van der Waals surface area contributed by atoms with Crippen molar-refractivity contribution < 1.29 is 13.2 Å². The van der Waals surface area contributed by atoms with Crippen LogP contribution >= 0.6 is 0 Å². The van der Waals surface area contributed by atoms with Crippen molar-refractivity contribution in [1.82, 2.24) is 0 Å². The van der Waals surface area contributed by atoms with Crippen molar-refractivity contribution in [2.45, 2.75) is 45.3 Å². The standard InChI is InChI=1S/C13H18F3N/c1-9-6-7-12(13(14,15)16)11(8-9)5-3-4-10(2)17/h6-8,10H,3-5,17H2,1-2H3/t10-/m0/s1. The van der Waals surface area contributed by atoms with E-state index < -0.39 is 11.7 Å². The Morgan fingerprint density at radius 1 is 1.29 bits per heavy atom. The molecule has 1 aromatic rings. The van der Waals surface area contributed by atoms with E-state index >= 15 is 0 Å². The fraction of sp³-hybridized carbons (Fsp3) is 0.538. The van der Waals surface area contributed by atoms with Crippen LogP contribution in [0.25, 0.3) is 0 Å². The van der Waals surface area contributed by atoms with Crippen LogP contribution in [0, 0.1) is 6.92 Å². The van der Waals surface area contributed by atoms with Gasteiger partial charge in [0.15, 0.2) is 0 Å². The maximum Gasteiger partial charge on any atom is 0.416 e. The molecule has 0 bridgehead atoms. The van der Waals surface area contributed by atoms with Gasteiger partial charge in [-0.3, -0.25) is 0 Å². The van der Waals surface area contributed by atoms with Crippen LogP contribution in [0.3, 0.4) is 0 Å². The van der Waals surface area contributed by atoms with Crippen molar-refractivity contribution in [2.24, 2.45) is 5.73 Å². The smallest absolute Gasteiger partial charge is 0.328 e. The second-order valence-corrected chi connectivity index (χ2v) is 4.53. The van der Waals surface area contributed by atoms with Gasteiger partial charge in [0.2, 0.25) is 0 Å². The van der Waals surface area contributed by atoms with Crippen LogP contribution < -0.4 is 5.73 Å². The van der Waals surface area contributed by atoms with Gasteiger partial charge in [-0.25, -0.2) is 0 Å². The zero-order chi connectivity index (χ0) is 13.1. The van der Waals surface area contributed by atoms with E-state index in [9.17, 15) is 13.2 Å². The lowest BCUT2D eigenvalue weighted by atomic mass is 9.98. The summed E-state index contributed by atoms with van der Waals surface area (Å²) in [5.74, 6) is 0. The zero-order valence-electron chi connectivity index (χ0n) is 10.1. The van der Waals surface area contributed by atoms with Gasteiger partial charge < -0.3 is 5.73 Å². The lowest BCUT2D eigenvalue weighted by Crippen LogP contribution is -2.15. The normalized spacial score (nSPS) is 13.8. The summed E-state index contributed by atoms with van der Waals surface area (Å²) < 4.78 is 38.2. The Balaban J connectivity index is 2.84. The number of hydrogen-bond donors (Lipinski definition) is 1. The molecule has 0 amide bonds. The van der Waals surface area contributed by atoms with Crippen molar-refractivity contribution in [3.05, 3.63) is 34.9 Å². The van der Waals surface area contributed by atoms with Gasteiger partial charge in [-0.2, -0.15) is 13.2 Å². The number of alkyl halides is 3. The Bertz CT molecular complexity index is 369. The average molecular weight is 245 g/mol. The second-order valence-electron chi connectivity index (χ2n) is 4.53. The molecule has 0 spiro atoms. The molecule has 4 heteroatoms. The van der Waals surface area contributed by atoms with Crippen molar-refractivity contribution in [3.8, 4) is 0 Å². The molecule has 0 aliphatic rings. The van der Waals surface area contributed by atoms with Crippen LogP contribution in [0.1, 0.15) is 36.5 Å². The predicted octanol–water partition coefficient (Wildman–Crippen LogP) is 3.68. The Labute approximate surface area is 99.8 Å². The van der Waals surface area contributed by atoms with Gasteiger partial charge in [-0.15, -0.1) is 0 Å². The minimum atomic E-state index is -4.27. The molecule has 0 fully saturated rings. The first-order chi connectivity index (χ1) is 7.80. The predicted molar refractivity (Wildman–Crippen MR) is 62.8 cm³/mol. The molecule has 2 N–H and O–H groups in total. The summed E-state index contributed by atoms with van der Waals surface area (Å²) in [5, 5.41) is 0. The molecular formula is C13H18F3N. The van der Waals surface area contributed by atoms with E-state index in [0.717, 1.165) is 18.1 Å². The van der Waals surface area contributed by atoms with Gasteiger partial charge in [-0.1, -0.05) is 17.7 Å². The molecular weight excluding hydrogens is 227 g/mol. The van der Waals surface area contributed by atoms with Crippen molar-refractivity contribution in [2.75, 3.05) is 0 Å². The molecule has 0 aromatic heterocycles. The molecule has 1 rings (SSSR count). The van der Waals surface area contributed by atoms with Gasteiger partial charge in [0.25, 0.3) is 0 Å². The van der Waals surface area contributed by atoms with Gasteiger partial charge in [0.1, 0.15) is 0 Å². The fourth-order valence-corrected chi connectivity index (χ4v) is 1.82. The number of halogens is 3. The second kappa shape index (κ2) is 5.54. The van der Waals surface area contributed by atoms with Crippen molar-refractivity contribution >= 4 is 0 Å². The summed E-state index contributed by atoms with van der Waals surface area (Å²) in [5.41, 5.74) is 6.30. The minimum Gasteiger partial charge on any atom is -0.328 e. The molecule has 0 radical (unpaired) electrons. The number of nitrogens with two attached hydrogens (primary N) is 1. The summed E-state index contributed by atoms with van der Waals surface area (Å²) in [6, 6.07) is 4.31. The number of hydrogen-bond acceptors (Lipinski definition) is 1. The summed E-state index contributed by atoms with van der Waals surface area (Å²) in [6.07, 6.45) is -2.41. The highest BCUT2D eigenvalue weighted by molar-refractivity contribution is 5.33. The van der Waals surface area contributed by atoms with Crippen LogP contribution in [0.5, 0.6) is 0 Å². The third-order valence-corrected chi connectivity index (χ3v) is 2.67. The quantitative estimate of drug-likeness (QED) is 0.860. The lowest BCUT2D eigenvalue weighted by Gasteiger charge is -2.14. The average Bonchev–Trinajstić information content (AvgIpc) is 2.15. The molecule has 0 aliphatic carbocycles. The van der Waals surface area contributed by atoms with Crippen LogP contribution in [0.15, 0.2) is 18.2 Å². The van der Waals surface area contributed by atoms with E-state index in [2.05, 4.69) is 0 Å². The molecule has 96 valence electrons. The molecule has 1 nitrogen and oxygen atoms in total. The van der Waals surface area contributed by atoms with Gasteiger partial charge in [0.05, 0.1) is 5.56 Å². The fourth-order valence-electron chi connectivity index (χ4n) is 1.82. The SMILES string of the molecule is Cc1ccc(C(F)(F)F)c(CCC[C@H](C)N)c1. The molecule has 17 heavy (non-hydrogen) atoms. The summed E-state index contributed by atoms with van der Waals surface area (Å²) in [6.45, 7) is 3.66.